The zero-order chi connectivity index (χ0) is 11.5. The second-order valence-corrected chi connectivity index (χ2v) is 3.88. The van der Waals surface area contributed by atoms with Gasteiger partial charge in [-0.15, -0.1) is 0 Å². The van der Waals surface area contributed by atoms with Gasteiger partial charge in [0.2, 0.25) is 5.82 Å². The molecule has 1 aromatic carbocycles. The maximum Gasteiger partial charge on any atom is 0.200 e. The van der Waals surface area contributed by atoms with Crippen LogP contribution in [-0.4, -0.2) is 19.3 Å². The van der Waals surface area contributed by atoms with Crippen molar-refractivity contribution in [2.45, 2.75) is 25.9 Å². The molecule has 0 amide bonds. The quantitative estimate of drug-likeness (QED) is 0.788. The van der Waals surface area contributed by atoms with Gasteiger partial charge in [0.1, 0.15) is 6.10 Å². The highest BCUT2D eigenvalue weighted by molar-refractivity contribution is 5.36. The van der Waals surface area contributed by atoms with Crippen LogP contribution in [0.4, 0.5) is 8.78 Å². The van der Waals surface area contributed by atoms with Crippen LogP contribution in [-0.2, 0) is 11.2 Å². The lowest BCUT2D eigenvalue weighted by Gasteiger charge is -2.28. The molecule has 1 heterocycles. The van der Waals surface area contributed by atoms with E-state index in [0.29, 0.717) is 25.2 Å². The first-order valence-corrected chi connectivity index (χ1v) is 5.43. The summed E-state index contributed by atoms with van der Waals surface area (Å²) in [5.41, 5.74) is 0.716. The van der Waals surface area contributed by atoms with E-state index in [-0.39, 0.29) is 11.9 Å². The monoisotopic (exact) mass is 228 g/mol. The van der Waals surface area contributed by atoms with E-state index in [0.717, 1.165) is 12.5 Å². The van der Waals surface area contributed by atoms with Crippen molar-refractivity contribution < 1.29 is 18.3 Å². The van der Waals surface area contributed by atoms with E-state index >= 15 is 0 Å². The van der Waals surface area contributed by atoms with Gasteiger partial charge in [-0.25, -0.2) is 4.39 Å². The van der Waals surface area contributed by atoms with Crippen LogP contribution in [0.2, 0.25) is 0 Å². The molecule has 4 heteroatoms. The Hall–Kier alpha value is -1.16. The Bertz CT molecular complexity index is 376. The Labute approximate surface area is 93.2 Å². The lowest BCUT2D eigenvalue weighted by Crippen LogP contribution is -2.39. The first-order chi connectivity index (χ1) is 7.72. The van der Waals surface area contributed by atoms with Gasteiger partial charge in [-0.1, -0.05) is 19.4 Å². The summed E-state index contributed by atoms with van der Waals surface area (Å²) < 4.78 is 37.0. The summed E-state index contributed by atoms with van der Waals surface area (Å²) in [7, 11) is 0. The fraction of sp³-hybridized carbons (Fsp3) is 0.500. The van der Waals surface area contributed by atoms with Gasteiger partial charge in [-0.05, 0) is 18.1 Å². The number of halogens is 2. The first-order valence-electron chi connectivity index (χ1n) is 5.43. The zero-order valence-corrected chi connectivity index (χ0v) is 9.13. The van der Waals surface area contributed by atoms with Crippen molar-refractivity contribution in [2.75, 3.05) is 13.2 Å². The fourth-order valence-electron chi connectivity index (χ4n) is 1.61. The van der Waals surface area contributed by atoms with E-state index in [9.17, 15) is 8.78 Å². The van der Waals surface area contributed by atoms with Crippen LogP contribution in [0.3, 0.4) is 0 Å². The molecule has 0 N–H and O–H groups in total. The molecule has 0 spiro atoms. The van der Waals surface area contributed by atoms with Gasteiger partial charge < -0.3 is 9.47 Å². The topological polar surface area (TPSA) is 18.5 Å². The number of aryl methyl sites for hydroxylation is 1. The molecule has 2 rings (SSSR count). The Morgan fingerprint density at radius 3 is 2.69 bits per heavy atom. The van der Waals surface area contributed by atoms with E-state index < -0.39 is 11.6 Å². The number of hydrogen-bond acceptors (Lipinski definition) is 2. The third-order valence-electron chi connectivity index (χ3n) is 2.54. The van der Waals surface area contributed by atoms with Gasteiger partial charge in [0.25, 0.3) is 0 Å². The molecule has 1 aromatic rings. The number of hydrogen-bond donors (Lipinski definition) is 0. The highest BCUT2D eigenvalue weighted by Crippen LogP contribution is 2.28. The Morgan fingerprint density at radius 2 is 2.12 bits per heavy atom. The Kier molecular flexibility index (Phi) is 3.39. The summed E-state index contributed by atoms with van der Waals surface area (Å²) in [6.07, 6.45) is 1.40. The molecule has 1 saturated heterocycles. The van der Waals surface area contributed by atoms with Crippen molar-refractivity contribution in [2.24, 2.45) is 0 Å². The highest BCUT2D eigenvalue weighted by Gasteiger charge is 2.24. The van der Waals surface area contributed by atoms with E-state index in [4.69, 9.17) is 9.47 Å². The molecule has 0 atom stereocenters. The zero-order valence-electron chi connectivity index (χ0n) is 9.13. The lowest BCUT2D eigenvalue weighted by molar-refractivity contribution is -0.0814. The molecule has 0 bridgehead atoms. The number of ether oxygens (including phenoxy) is 2. The summed E-state index contributed by atoms with van der Waals surface area (Å²) in [5, 5.41) is 0. The molecule has 0 saturated carbocycles. The average molecular weight is 228 g/mol. The normalized spacial score (nSPS) is 15.9. The second-order valence-electron chi connectivity index (χ2n) is 3.88. The average Bonchev–Trinajstić information content (AvgIpc) is 2.21. The molecule has 88 valence electrons. The molecule has 0 aliphatic carbocycles. The smallest absolute Gasteiger partial charge is 0.200 e. The molecular formula is C12H14F2O2. The van der Waals surface area contributed by atoms with E-state index in [1.165, 1.54) is 0 Å². The number of benzene rings is 1. The molecule has 1 fully saturated rings. The summed E-state index contributed by atoms with van der Waals surface area (Å²) >= 11 is 0. The standard InChI is InChI=1S/C12H14F2O2/c1-2-3-8-4-5-10(13)11(14)12(8)16-9-6-15-7-9/h4-5,9H,2-3,6-7H2,1H3. The third-order valence-corrected chi connectivity index (χ3v) is 2.54. The van der Waals surface area contributed by atoms with Crippen molar-refractivity contribution in [1.82, 2.24) is 0 Å². The van der Waals surface area contributed by atoms with Crippen molar-refractivity contribution in [1.29, 1.82) is 0 Å². The minimum Gasteiger partial charge on any atom is -0.482 e. The lowest BCUT2D eigenvalue weighted by atomic mass is 10.1. The van der Waals surface area contributed by atoms with Crippen molar-refractivity contribution in [3.05, 3.63) is 29.3 Å². The molecule has 0 radical (unpaired) electrons. The Morgan fingerprint density at radius 1 is 1.38 bits per heavy atom. The first kappa shape index (κ1) is 11.3. The molecule has 2 nitrogen and oxygen atoms in total. The van der Waals surface area contributed by atoms with Crippen LogP contribution < -0.4 is 4.74 Å². The molecule has 0 unspecified atom stereocenters. The van der Waals surface area contributed by atoms with E-state index in [1.807, 2.05) is 6.92 Å². The molecule has 0 aromatic heterocycles. The van der Waals surface area contributed by atoms with Crippen LogP contribution >= 0.6 is 0 Å². The SMILES string of the molecule is CCCc1ccc(F)c(F)c1OC1COC1. The minimum absolute atomic E-state index is 0.0511. The molecule has 16 heavy (non-hydrogen) atoms. The predicted molar refractivity (Wildman–Crippen MR) is 55.6 cm³/mol. The summed E-state index contributed by atoms with van der Waals surface area (Å²) in [6.45, 7) is 2.88. The summed E-state index contributed by atoms with van der Waals surface area (Å²) in [6, 6.07) is 2.72. The molecular weight excluding hydrogens is 214 g/mol. The fourth-order valence-corrected chi connectivity index (χ4v) is 1.61. The summed E-state index contributed by atoms with van der Waals surface area (Å²) in [5.74, 6) is -1.71. The maximum absolute atomic E-state index is 13.6. The van der Waals surface area contributed by atoms with Crippen molar-refractivity contribution in [3.8, 4) is 5.75 Å². The van der Waals surface area contributed by atoms with Gasteiger partial charge in [0, 0.05) is 0 Å². The highest BCUT2D eigenvalue weighted by atomic mass is 19.2. The second kappa shape index (κ2) is 4.78. The maximum atomic E-state index is 13.6. The van der Waals surface area contributed by atoms with Crippen LogP contribution in [0.1, 0.15) is 18.9 Å². The predicted octanol–water partition coefficient (Wildman–Crippen LogP) is 2.69. The molecule has 1 aliphatic heterocycles. The van der Waals surface area contributed by atoms with Crippen LogP contribution in [0.5, 0.6) is 5.75 Å². The van der Waals surface area contributed by atoms with E-state index in [2.05, 4.69) is 0 Å². The van der Waals surface area contributed by atoms with Crippen molar-refractivity contribution in [3.63, 3.8) is 0 Å². The third kappa shape index (κ3) is 2.16. The van der Waals surface area contributed by atoms with Gasteiger partial charge in [0.15, 0.2) is 11.6 Å². The van der Waals surface area contributed by atoms with Gasteiger partial charge in [-0.2, -0.15) is 4.39 Å². The van der Waals surface area contributed by atoms with Gasteiger partial charge in [0.05, 0.1) is 13.2 Å². The van der Waals surface area contributed by atoms with Gasteiger partial charge in [-0.3, -0.25) is 0 Å². The largest absolute Gasteiger partial charge is 0.482 e. The Balaban J connectivity index is 2.25. The van der Waals surface area contributed by atoms with Crippen molar-refractivity contribution >= 4 is 0 Å². The van der Waals surface area contributed by atoms with Crippen LogP contribution in [0.15, 0.2) is 12.1 Å². The van der Waals surface area contributed by atoms with Gasteiger partial charge >= 0.3 is 0 Å². The minimum atomic E-state index is -0.891. The number of rotatable bonds is 4. The van der Waals surface area contributed by atoms with Crippen LogP contribution in [0.25, 0.3) is 0 Å². The molecule has 1 aliphatic rings. The van der Waals surface area contributed by atoms with Crippen LogP contribution in [0, 0.1) is 11.6 Å². The summed E-state index contributed by atoms with van der Waals surface area (Å²) in [4.78, 5) is 0. The van der Waals surface area contributed by atoms with E-state index in [1.54, 1.807) is 6.07 Å².